The Morgan fingerprint density at radius 3 is 2.70 bits per heavy atom. The summed E-state index contributed by atoms with van der Waals surface area (Å²) in [5.74, 6) is 0.445. The number of aryl methyl sites for hydroxylation is 2. The number of hydrogen-bond acceptors (Lipinski definition) is 3. The second-order valence-corrected chi connectivity index (χ2v) is 9.38. The number of amidine groups is 1. The molecule has 1 aliphatic rings. The summed E-state index contributed by atoms with van der Waals surface area (Å²) in [6, 6.07) is 14.4. The lowest BCUT2D eigenvalue weighted by Crippen LogP contribution is -2.26. The fourth-order valence-electron chi connectivity index (χ4n) is 3.52. The molecular weight excluding hydrogens is 398 g/mol. The number of likely N-dealkylation sites (tertiary alicyclic amines) is 1. The third-order valence-corrected chi connectivity index (χ3v) is 6.50. The Kier molecular flexibility index (Phi) is 7.26. The quantitative estimate of drug-likeness (QED) is 0.751. The zero-order chi connectivity index (χ0) is 21.6. The van der Waals surface area contributed by atoms with Crippen molar-refractivity contribution in [3.63, 3.8) is 0 Å². The number of rotatable bonds is 6. The van der Waals surface area contributed by atoms with Crippen LogP contribution in [0.25, 0.3) is 0 Å². The van der Waals surface area contributed by atoms with Crippen LogP contribution < -0.4 is 5.32 Å². The van der Waals surface area contributed by atoms with Gasteiger partial charge in [0.15, 0.2) is 0 Å². The first kappa shape index (κ1) is 22.0. The van der Waals surface area contributed by atoms with Crippen LogP contribution in [-0.4, -0.2) is 38.7 Å². The molecule has 3 rings (SSSR count). The van der Waals surface area contributed by atoms with Crippen molar-refractivity contribution >= 4 is 27.5 Å². The van der Waals surface area contributed by atoms with Crippen molar-refractivity contribution in [1.82, 2.24) is 4.90 Å². The van der Waals surface area contributed by atoms with Crippen LogP contribution in [0.3, 0.4) is 0 Å². The molecule has 0 aromatic heterocycles. The van der Waals surface area contributed by atoms with E-state index in [4.69, 9.17) is 0 Å². The monoisotopic (exact) mass is 427 g/mol. The molecule has 2 aromatic rings. The summed E-state index contributed by atoms with van der Waals surface area (Å²) >= 11 is 0. The standard InChI is InChI=1S/C23H29N3O3S/c1-18-8-6-9-19(16-18)13-14-23(27)24-20-10-7-11-21(17-20)30(28,29)25-22-12-4-3-5-15-26(22)2/h6-11,16-17H,3-5,12-15H2,1-2H3,(H,24,27). The number of hydrogen-bond donors (Lipinski definition) is 1. The highest BCUT2D eigenvalue weighted by Gasteiger charge is 2.19. The molecule has 0 radical (unpaired) electrons. The predicted molar refractivity (Wildman–Crippen MR) is 120 cm³/mol. The Balaban J connectivity index is 1.68. The van der Waals surface area contributed by atoms with Gasteiger partial charge in [0.1, 0.15) is 5.84 Å². The molecule has 30 heavy (non-hydrogen) atoms. The highest BCUT2D eigenvalue weighted by atomic mass is 32.2. The van der Waals surface area contributed by atoms with E-state index in [1.165, 1.54) is 12.1 Å². The highest BCUT2D eigenvalue weighted by molar-refractivity contribution is 7.90. The van der Waals surface area contributed by atoms with E-state index < -0.39 is 10.0 Å². The largest absolute Gasteiger partial charge is 0.362 e. The first-order chi connectivity index (χ1) is 14.3. The van der Waals surface area contributed by atoms with Gasteiger partial charge in [-0.15, -0.1) is 4.40 Å². The van der Waals surface area contributed by atoms with Crippen molar-refractivity contribution in [2.45, 2.75) is 50.3 Å². The molecule has 2 aromatic carbocycles. The van der Waals surface area contributed by atoms with Gasteiger partial charge < -0.3 is 10.2 Å². The molecule has 1 N–H and O–H groups in total. The number of amides is 1. The fraction of sp³-hybridized carbons (Fsp3) is 0.391. The van der Waals surface area contributed by atoms with Crippen molar-refractivity contribution < 1.29 is 13.2 Å². The molecule has 1 heterocycles. The van der Waals surface area contributed by atoms with Gasteiger partial charge in [0.2, 0.25) is 5.91 Å². The van der Waals surface area contributed by atoms with Crippen LogP contribution in [0.5, 0.6) is 0 Å². The molecule has 1 fully saturated rings. The number of anilines is 1. The zero-order valence-electron chi connectivity index (χ0n) is 17.6. The van der Waals surface area contributed by atoms with Gasteiger partial charge in [0.25, 0.3) is 10.0 Å². The van der Waals surface area contributed by atoms with Crippen molar-refractivity contribution in [3.8, 4) is 0 Å². The van der Waals surface area contributed by atoms with Crippen molar-refractivity contribution in [1.29, 1.82) is 0 Å². The van der Waals surface area contributed by atoms with Crippen LogP contribution in [0.2, 0.25) is 0 Å². The summed E-state index contributed by atoms with van der Waals surface area (Å²) in [4.78, 5) is 14.3. The van der Waals surface area contributed by atoms with Crippen molar-refractivity contribution in [2.24, 2.45) is 4.40 Å². The summed E-state index contributed by atoms with van der Waals surface area (Å²) in [6.07, 6.45) is 4.67. The SMILES string of the molecule is Cc1cccc(CCC(=O)Nc2cccc(S(=O)(=O)N=C3CCCCCN3C)c2)c1. The zero-order valence-corrected chi connectivity index (χ0v) is 18.4. The van der Waals surface area contributed by atoms with Crippen LogP contribution in [0, 0.1) is 6.92 Å². The maximum absolute atomic E-state index is 12.8. The first-order valence-electron chi connectivity index (χ1n) is 10.3. The second-order valence-electron chi connectivity index (χ2n) is 7.78. The fourth-order valence-corrected chi connectivity index (χ4v) is 4.66. The topological polar surface area (TPSA) is 78.8 Å². The average molecular weight is 428 g/mol. The minimum Gasteiger partial charge on any atom is -0.362 e. The summed E-state index contributed by atoms with van der Waals surface area (Å²) in [5, 5.41) is 2.80. The van der Waals surface area contributed by atoms with E-state index in [1.54, 1.807) is 12.1 Å². The molecule has 1 aliphatic heterocycles. The van der Waals surface area contributed by atoms with Gasteiger partial charge in [0, 0.05) is 32.1 Å². The highest BCUT2D eigenvalue weighted by Crippen LogP contribution is 2.20. The number of carbonyl (C=O) groups excluding carboxylic acids is 1. The molecule has 160 valence electrons. The number of benzene rings is 2. The van der Waals surface area contributed by atoms with Gasteiger partial charge in [-0.3, -0.25) is 4.79 Å². The molecule has 0 atom stereocenters. The van der Waals surface area contributed by atoms with E-state index >= 15 is 0 Å². The van der Waals surface area contributed by atoms with E-state index in [1.807, 2.05) is 37.1 Å². The summed E-state index contributed by atoms with van der Waals surface area (Å²) in [6.45, 7) is 2.83. The Morgan fingerprint density at radius 2 is 1.90 bits per heavy atom. The molecular formula is C23H29N3O3S. The Morgan fingerprint density at radius 1 is 1.10 bits per heavy atom. The van der Waals surface area contributed by atoms with Gasteiger partial charge in [0.05, 0.1) is 4.90 Å². The average Bonchev–Trinajstić information content (AvgIpc) is 2.91. The molecule has 1 amide bonds. The van der Waals surface area contributed by atoms with Crippen molar-refractivity contribution in [3.05, 3.63) is 59.7 Å². The van der Waals surface area contributed by atoms with Gasteiger partial charge in [-0.05, 0) is 49.9 Å². The second kappa shape index (κ2) is 9.89. The molecule has 0 aliphatic carbocycles. The van der Waals surface area contributed by atoms with Crippen LogP contribution >= 0.6 is 0 Å². The van der Waals surface area contributed by atoms with Crippen LogP contribution in [0.15, 0.2) is 57.8 Å². The summed E-state index contributed by atoms with van der Waals surface area (Å²) < 4.78 is 29.7. The van der Waals surface area contributed by atoms with Gasteiger partial charge >= 0.3 is 0 Å². The van der Waals surface area contributed by atoms with Gasteiger partial charge in [-0.2, -0.15) is 8.42 Å². The smallest absolute Gasteiger partial charge is 0.284 e. The van der Waals surface area contributed by atoms with E-state index in [0.29, 0.717) is 30.8 Å². The van der Waals surface area contributed by atoms with Crippen LogP contribution in [0.1, 0.15) is 43.2 Å². The molecule has 0 saturated carbocycles. The Hall–Kier alpha value is -2.67. The van der Waals surface area contributed by atoms with Gasteiger partial charge in [-0.25, -0.2) is 0 Å². The normalized spacial score (nSPS) is 16.3. The van der Waals surface area contributed by atoms with Crippen LogP contribution in [-0.2, 0) is 21.2 Å². The van der Waals surface area contributed by atoms with E-state index in [-0.39, 0.29) is 10.8 Å². The van der Waals surface area contributed by atoms with E-state index in [0.717, 1.165) is 36.9 Å². The molecule has 0 spiro atoms. The maximum Gasteiger partial charge on any atom is 0.284 e. The Bertz CT molecular complexity index is 1030. The minimum atomic E-state index is -3.83. The minimum absolute atomic E-state index is 0.0872. The number of nitrogens with one attached hydrogen (secondary N) is 1. The molecule has 6 nitrogen and oxygen atoms in total. The number of carbonyl (C=O) groups is 1. The Labute approximate surface area is 179 Å². The lowest BCUT2D eigenvalue weighted by molar-refractivity contribution is -0.116. The van der Waals surface area contributed by atoms with Crippen LogP contribution in [0.4, 0.5) is 5.69 Å². The lowest BCUT2D eigenvalue weighted by atomic mass is 10.1. The van der Waals surface area contributed by atoms with E-state index in [2.05, 4.69) is 15.8 Å². The predicted octanol–water partition coefficient (Wildman–Crippen LogP) is 4.16. The molecule has 1 saturated heterocycles. The first-order valence-corrected chi connectivity index (χ1v) is 11.8. The third-order valence-electron chi connectivity index (χ3n) is 5.20. The summed E-state index contributed by atoms with van der Waals surface area (Å²) in [7, 11) is -1.95. The van der Waals surface area contributed by atoms with Crippen molar-refractivity contribution in [2.75, 3.05) is 18.9 Å². The maximum atomic E-state index is 12.8. The molecule has 7 heteroatoms. The summed E-state index contributed by atoms with van der Waals surface area (Å²) in [5.41, 5.74) is 2.72. The third kappa shape index (κ3) is 6.16. The van der Waals surface area contributed by atoms with E-state index in [9.17, 15) is 13.2 Å². The number of sulfonamides is 1. The lowest BCUT2D eigenvalue weighted by Gasteiger charge is -2.17. The van der Waals surface area contributed by atoms with Gasteiger partial charge in [-0.1, -0.05) is 42.3 Å². The number of nitrogens with zero attached hydrogens (tertiary/aromatic N) is 2. The molecule has 0 bridgehead atoms. The molecule has 0 unspecified atom stereocenters.